The summed E-state index contributed by atoms with van der Waals surface area (Å²) in [5.74, 6) is -0.883. The van der Waals surface area contributed by atoms with Crippen LogP contribution in [0.5, 0.6) is 0 Å². The van der Waals surface area contributed by atoms with Crippen molar-refractivity contribution in [1.29, 1.82) is 0 Å². The van der Waals surface area contributed by atoms with Crippen LogP contribution in [-0.4, -0.2) is 37.2 Å². The van der Waals surface area contributed by atoms with Gasteiger partial charge < -0.3 is 14.2 Å². The van der Waals surface area contributed by atoms with E-state index < -0.39 is 6.10 Å². The van der Waals surface area contributed by atoms with Crippen molar-refractivity contribution >= 4 is 17.9 Å². The molecule has 0 aromatic rings. The highest BCUT2D eigenvalue weighted by molar-refractivity contribution is 5.71. The third kappa shape index (κ3) is 55.6. The predicted molar refractivity (Wildman–Crippen MR) is 298 cm³/mol. The molecule has 0 rings (SSSR count). The van der Waals surface area contributed by atoms with E-state index in [9.17, 15) is 14.4 Å². The lowest BCUT2D eigenvalue weighted by atomic mass is 10.0. The van der Waals surface area contributed by atoms with Gasteiger partial charge in [-0.2, -0.15) is 0 Å². The molecule has 0 fully saturated rings. The molecule has 0 aromatic carbocycles. The van der Waals surface area contributed by atoms with Gasteiger partial charge in [-0.05, 0) is 89.9 Å². The zero-order chi connectivity index (χ0) is 50.0. The van der Waals surface area contributed by atoms with Crippen molar-refractivity contribution in [2.75, 3.05) is 13.2 Å². The minimum atomic E-state index is -0.779. The van der Waals surface area contributed by atoms with Crippen LogP contribution in [-0.2, 0) is 28.6 Å². The molecule has 0 heterocycles. The average molecular weight is 964 g/mol. The molecule has 0 amide bonds. The maximum Gasteiger partial charge on any atom is 0.306 e. The molecule has 0 aliphatic carbocycles. The third-order valence-corrected chi connectivity index (χ3v) is 12.7. The first-order valence-electron chi connectivity index (χ1n) is 29.4. The molecule has 0 radical (unpaired) electrons. The fraction of sp³-hybridized carbons (Fsp3) is 0.762. The molecule has 6 nitrogen and oxygen atoms in total. The molecule has 0 N–H and O–H groups in total. The van der Waals surface area contributed by atoms with Gasteiger partial charge >= 0.3 is 17.9 Å². The molecule has 398 valence electrons. The Kier molecular flexibility index (Phi) is 54.8. The highest BCUT2D eigenvalue weighted by Crippen LogP contribution is 2.16. The lowest BCUT2D eigenvalue weighted by molar-refractivity contribution is -0.167. The molecule has 0 aliphatic rings. The largest absolute Gasteiger partial charge is 0.462 e. The average Bonchev–Trinajstić information content (AvgIpc) is 3.35. The smallest absolute Gasteiger partial charge is 0.306 e. The highest BCUT2D eigenvalue weighted by Gasteiger charge is 2.19. The van der Waals surface area contributed by atoms with E-state index in [-0.39, 0.29) is 31.1 Å². The molecule has 1 unspecified atom stereocenters. The fourth-order valence-electron chi connectivity index (χ4n) is 8.29. The lowest BCUT2D eigenvalue weighted by Crippen LogP contribution is -2.30. The normalized spacial score (nSPS) is 12.6. The Bertz CT molecular complexity index is 1290. The van der Waals surface area contributed by atoms with Gasteiger partial charge in [0.1, 0.15) is 13.2 Å². The van der Waals surface area contributed by atoms with Crippen molar-refractivity contribution in [3.05, 3.63) is 72.9 Å². The zero-order valence-electron chi connectivity index (χ0n) is 45.6. The fourth-order valence-corrected chi connectivity index (χ4v) is 8.29. The van der Waals surface area contributed by atoms with Gasteiger partial charge in [0.15, 0.2) is 6.10 Å². The van der Waals surface area contributed by atoms with Crippen LogP contribution in [0.15, 0.2) is 72.9 Å². The van der Waals surface area contributed by atoms with Gasteiger partial charge in [-0.25, -0.2) is 0 Å². The van der Waals surface area contributed by atoms with Crippen LogP contribution >= 0.6 is 0 Å². The minimum Gasteiger partial charge on any atom is -0.462 e. The van der Waals surface area contributed by atoms with E-state index in [1.165, 1.54) is 148 Å². The Balaban J connectivity index is 4.28. The maximum absolute atomic E-state index is 12.8. The molecular formula is C63H110O6. The van der Waals surface area contributed by atoms with Crippen LogP contribution in [0.1, 0.15) is 290 Å². The molecule has 0 spiro atoms. The van der Waals surface area contributed by atoms with Gasteiger partial charge in [-0.3, -0.25) is 14.4 Å². The predicted octanol–water partition coefficient (Wildman–Crippen LogP) is 19.8. The number of rotatable bonds is 53. The van der Waals surface area contributed by atoms with Crippen LogP contribution in [0.2, 0.25) is 0 Å². The van der Waals surface area contributed by atoms with Crippen molar-refractivity contribution < 1.29 is 28.6 Å². The van der Waals surface area contributed by atoms with E-state index in [4.69, 9.17) is 14.2 Å². The first-order valence-corrected chi connectivity index (χ1v) is 29.4. The Morgan fingerprint density at radius 3 is 0.928 bits per heavy atom. The molecular weight excluding hydrogens is 853 g/mol. The second-order valence-electron chi connectivity index (χ2n) is 19.5. The summed E-state index contributed by atoms with van der Waals surface area (Å²) in [5, 5.41) is 0. The topological polar surface area (TPSA) is 78.9 Å². The van der Waals surface area contributed by atoms with Crippen LogP contribution in [0.4, 0.5) is 0 Å². The third-order valence-electron chi connectivity index (χ3n) is 12.7. The van der Waals surface area contributed by atoms with E-state index >= 15 is 0 Å². The summed E-state index contributed by atoms with van der Waals surface area (Å²) in [4.78, 5) is 38.1. The SMILES string of the molecule is CC/C=C\C/C=C\C/C=C\C/C=C\C/C=C\CCCCCCCCCCCC(=O)OCC(COC(=O)CCCCCCC/C=C\CCCCC)OC(=O)CCCCCCCCCCCCCCCC. The highest BCUT2D eigenvalue weighted by atomic mass is 16.6. The van der Waals surface area contributed by atoms with Crippen molar-refractivity contribution in [2.45, 2.75) is 297 Å². The van der Waals surface area contributed by atoms with Crippen molar-refractivity contribution in [3.63, 3.8) is 0 Å². The van der Waals surface area contributed by atoms with E-state index in [0.717, 1.165) is 103 Å². The van der Waals surface area contributed by atoms with Crippen LogP contribution in [0.3, 0.4) is 0 Å². The Labute approximate surface area is 427 Å². The van der Waals surface area contributed by atoms with Gasteiger partial charge in [0, 0.05) is 19.3 Å². The number of allylic oxidation sites excluding steroid dienone is 12. The van der Waals surface area contributed by atoms with E-state index in [2.05, 4.69) is 93.7 Å². The molecule has 1 atom stereocenters. The second kappa shape index (κ2) is 57.4. The van der Waals surface area contributed by atoms with Crippen molar-refractivity contribution in [3.8, 4) is 0 Å². The van der Waals surface area contributed by atoms with E-state index in [0.29, 0.717) is 19.3 Å². The molecule has 0 aliphatic heterocycles. The summed E-state index contributed by atoms with van der Waals surface area (Å²) >= 11 is 0. The summed E-state index contributed by atoms with van der Waals surface area (Å²) in [6.07, 6.45) is 73.2. The van der Waals surface area contributed by atoms with Crippen LogP contribution in [0, 0.1) is 0 Å². The van der Waals surface area contributed by atoms with Crippen LogP contribution < -0.4 is 0 Å². The van der Waals surface area contributed by atoms with Crippen LogP contribution in [0.25, 0.3) is 0 Å². The van der Waals surface area contributed by atoms with E-state index in [1.807, 2.05) is 0 Å². The number of hydrogen-bond acceptors (Lipinski definition) is 6. The lowest BCUT2D eigenvalue weighted by Gasteiger charge is -2.18. The van der Waals surface area contributed by atoms with Gasteiger partial charge in [-0.15, -0.1) is 0 Å². The quantitative estimate of drug-likeness (QED) is 0.0262. The van der Waals surface area contributed by atoms with Gasteiger partial charge in [0.05, 0.1) is 0 Å². The zero-order valence-corrected chi connectivity index (χ0v) is 45.6. The summed E-state index contributed by atoms with van der Waals surface area (Å²) in [6, 6.07) is 0. The summed E-state index contributed by atoms with van der Waals surface area (Å²) < 4.78 is 16.9. The Morgan fingerprint density at radius 2 is 0.565 bits per heavy atom. The number of carbonyl (C=O) groups excluding carboxylic acids is 3. The standard InChI is InChI=1S/C63H110O6/c1-4-7-10-13-16-19-22-25-27-28-29-30-31-32-33-34-35-36-37-39-41-44-47-50-53-56-62(65)68-59-60(58-67-61(64)55-52-49-46-43-40-24-21-18-15-12-9-6-3)69-63(66)57-54-51-48-45-42-38-26-23-20-17-14-11-8-5-2/h7,10,16,18-19,21,25,27,29-30,32-33,60H,4-6,8-9,11-15,17,20,22-24,26,28,31,34-59H2,1-3H3/b10-7-,19-16-,21-18-,27-25-,30-29-,33-32-. The molecule has 0 saturated heterocycles. The minimum absolute atomic E-state index is 0.0786. The van der Waals surface area contributed by atoms with Gasteiger partial charge in [-0.1, -0.05) is 254 Å². The number of ether oxygens (including phenoxy) is 3. The summed E-state index contributed by atoms with van der Waals surface area (Å²) in [6.45, 7) is 6.51. The van der Waals surface area contributed by atoms with Gasteiger partial charge in [0.2, 0.25) is 0 Å². The Hall–Kier alpha value is -3.15. The molecule has 0 saturated carbocycles. The van der Waals surface area contributed by atoms with Crippen molar-refractivity contribution in [1.82, 2.24) is 0 Å². The Morgan fingerprint density at radius 1 is 0.304 bits per heavy atom. The van der Waals surface area contributed by atoms with Gasteiger partial charge in [0.25, 0.3) is 0 Å². The number of carbonyl (C=O) groups is 3. The van der Waals surface area contributed by atoms with E-state index in [1.54, 1.807) is 0 Å². The van der Waals surface area contributed by atoms with Crippen molar-refractivity contribution in [2.24, 2.45) is 0 Å². The molecule has 6 heteroatoms. The summed E-state index contributed by atoms with van der Waals surface area (Å²) in [7, 11) is 0. The first kappa shape index (κ1) is 65.8. The number of hydrogen-bond donors (Lipinski definition) is 0. The maximum atomic E-state index is 12.8. The second-order valence-corrected chi connectivity index (χ2v) is 19.5. The summed E-state index contributed by atoms with van der Waals surface area (Å²) in [5.41, 5.74) is 0. The monoisotopic (exact) mass is 963 g/mol. The molecule has 0 aromatic heterocycles. The number of esters is 3. The number of unbranched alkanes of at least 4 members (excludes halogenated alkanes) is 30. The molecule has 0 bridgehead atoms. The first-order chi connectivity index (χ1) is 34.0. The molecule has 69 heavy (non-hydrogen) atoms.